The summed E-state index contributed by atoms with van der Waals surface area (Å²) >= 11 is 0. The molecule has 35 heavy (non-hydrogen) atoms. The van der Waals surface area contributed by atoms with Gasteiger partial charge in [-0.2, -0.15) is 0 Å². The summed E-state index contributed by atoms with van der Waals surface area (Å²) in [6, 6.07) is 19.4. The summed E-state index contributed by atoms with van der Waals surface area (Å²) in [4.78, 5) is 4.53. The first-order valence-electron chi connectivity index (χ1n) is 13.2. The van der Waals surface area contributed by atoms with Crippen LogP contribution < -0.4 is 9.47 Å². The number of alkyl halides is 1. The Labute approximate surface area is 210 Å². The number of unbranched alkanes of at least 4 members (excludes halogenated alkanes) is 5. The van der Waals surface area contributed by atoms with Gasteiger partial charge in [-0.25, -0.2) is 4.39 Å². The standard InChI is InChI=1S/C31H40FNO2/c1-4-6-7-8-9-10-11-24(3)30(32)23-34-27-17-19-29(20-18-27)35-28-15-13-26(14-16-28)31-21-12-25(5-2)22-33-31/h12-22,24,30H,4-11,23H2,1-3H3. The predicted molar refractivity (Wildman–Crippen MR) is 143 cm³/mol. The number of benzene rings is 2. The maximum atomic E-state index is 14.5. The molecule has 3 aromatic rings. The van der Waals surface area contributed by atoms with Gasteiger partial charge in [0.25, 0.3) is 0 Å². The van der Waals surface area contributed by atoms with Crippen LogP contribution in [0, 0.1) is 5.92 Å². The van der Waals surface area contributed by atoms with Crippen molar-refractivity contribution in [1.29, 1.82) is 0 Å². The highest BCUT2D eigenvalue weighted by molar-refractivity contribution is 5.60. The highest BCUT2D eigenvalue weighted by Crippen LogP contribution is 2.27. The van der Waals surface area contributed by atoms with Crippen molar-refractivity contribution in [3.05, 3.63) is 72.4 Å². The molecular weight excluding hydrogens is 437 g/mol. The lowest BCUT2D eigenvalue weighted by Gasteiger charge is -2.17. The van der Waals surface area contributed by atoms with E-state index in [-0.39, 0.29) is 12.5 Å². The number of rotatable bonds is 15. The van der Waals surface area contributed by atoms with E-state index < -0.39 is 6.17 Å². The number of aryl methyl sites for hydroxylation is 1. The van der Waals surface area contributed by atoms with Crippen LogP contribution >= 0.6 is 0 Å². The first-order chi connectivity index (χ1) is 17.1. The zero-order valence-electron chi connectivity index (χ0n) is 21.5. The van der Waals surface area contributed by atoms with Gasteiger partial charge in [0, 0.05) is 11.8 Å². The number of nitrogens with zero attached hydrogens (tertiary/aromatic N) is 1. The molecule has 2 unspecified atom stereocenters. The summed E-state index contributed by atoms with van der Waals surface area (Å²) in [5, 5.41) is 0. The molecule has 3 nitrogen and oxygen atoms in total. The van der Waals surface area contributed by atoms with E-state index in [0.717, 1.165) is 36.3 Å². The van der Waals surface area contributed by atoms with Crippen molar-refractivity contribution in [2.24, 2.45) is 5.92 Å². The molecule has 2 aromatic carbocycles. The third kappa shape index (κ3) is 9.01. The second-order valence-electron chi connectivity index (χ2n) is 9.36. The molecule has 4 heteroatoms. The van der Waals surface area contributed by atoms with Gasteiger partial charge in [-0.1, -0.05) is 65.4 Å². The lowest BCUT2D eigenvalue weighted by Crippen LogP contribution is -2.21. The van der Waals surface area contributed by atoms with E-state index in [2.05, 4.69) is 24.9 Å². The van der Waals surface area contributed by atoms with E-state index in [0.29, 0.717) is 11.5 Å². The fourth-order valence-electron chi connectivity index (χ4n) is 4.01. The van der Waals surface area contributed by atoms with Crippen LogP contribution in [0.5, 0.6) is 17.2 Å². The lowest BCUT2D eigenvalue weighted by atomic mass is 9.98. The molecule has 0 aliphatic heterocycles. The Bertz CT molecular complexity index is 970. The third-order valence-electron chi connectivity index (χ3n) is 6.48. The van der Waals surface area contributed by atoms with Crippen LogP contribution in [0.4, 0.5) is 4.39 Å². The van der Waals surface area contributed by atoms with Crippen molar-refractivity contribution in [2.75, 3.05) is 6.61 Å². The minimum absolute atomic E-state index is 0.0199. The monoisotopic (exact) mass is 477 g/mol. The Morgan fingerprint density at radius 3 is 2.03 bits per heavy atom. The number of pyridine rings is 1. The summed E-state index contributed by atoms with van der Waals surface area (Å²) in [5.74, 6) is 2.14. The molecule has 0 aliphatic carbocycles. The predicted octanol–water partition coefficient (Wildman–Crippen LogP) is 9.21. The molecule has 0 N–H and O–H groups in total. The van der Waals surface area contributed by atoms with Crippen LogP contribution in [0.3, 0.4) is 0 Å². The zero-order valence-corrected chi connectivity index (χ0v) is 21.5. The summed E-state index contributed by atoms with van der Waals surface area (Å²) in [5.41, 5.74) is 3.23. The maximum Gasteiger partial charge on any atom is 0.136 e. The minimum Gasteiger partial charge on any atom is -0.491 e. The molecule has 0 saturated carbocycles. The Balaban J connectivity index is 1.41. The van der Waals surface area contributed by atoms with Gasteiger partial charge in [-0.15, -0.1) is 0 Å². The van der Waals surface area contributed by atoms with Gasteiger partial charge in [-0.05, 0) is 78.9 Å². The first-order valence-corrected chi connectivity index (χ1v) is 13.2. The molecule has 0 radical (unpaired) electrons. The average molecular weight is 478 g/mol. The van der Waals surface area contributed by atoms with Crippen molar-refractivity contribution in [3.8, 4) is 28.5 Å². The Hall–Kier alpha value is -2.88. The van der Waals surface area contributed by atoms with E-state index in [1.54, 1.807) is 0 Å². The average Bonchev–Trinajstić information content (AvgIpc) is 2.90. The van der Waals surface area contributed by atoms with E-state index in [4.69, 9.17) is 9.47 Å². The fraction of sp³-hybridized carbons (Fsp3) is 0.452. The first kappa shape index (κ1) is 26.7. The topological polar surface area (TPSA) is 31.4 Å². The van der Waals surface area contributed by atoms with E-state index >= 15 is 0 Å². The van der Waals surface area contributed by atoms with Crippen molar-refractivity contribution < 1.29 is 13.9 Å². The molecule has 0 aliphatic rings. The Morgan fingerprint density at radius 2 is 1.40 bits per heavy atom. The minimum atomic E-state index is -0.951. The fourth-order valence-corrected chi connectivity index (χ4v) is 4.01. The van der Waals surface area contributed by atoms with Gasteiger partial charge in [-0.3, -0.25) is 4.98 Å². The van der Waals surface area contributed by atoms with Crippen LogP contribution in [0.15, 0.2) is 66.9 Å². The van der Waals surface area contributed by atoms with Crippen LogP contribution in [0.25, 0.3) is 11.3 Å². The van der Waals surface area contributed by atoms with Gasteiger partial charge in [0.2, 0.25) is 0 Å². The van der Waals surface area contributed by atoms with E-state index in [1.165, 1.54) is 37.7 Å². The lowest BCUT2D eigenvalue weighted by molar-refractivity contribution is 0.141. The molecular formula is C31H40FNO2. The molecule has 0 spiro atoms. The summed E-state index contributed by atoms with van der Waals surface area (Å²) in [6.45, 7) is 6.42. The molecule has 0 amide bonds. The van der Waals surface area contributed by atoms with Crippen molar-refractivity contribution in [3.63, 3.8) is 0 Å². The summed E-state index contributed by atoms with van der Waals surface area (Å²) in [7, 11) is 0. The second-order valence-corrected chi connectivity index (χ2v) is 9.36. The van der Waals surface area contributed by atoms with E-state index in [1.807, 2.05) is 67.7 Å². The molecule has 188 valence electrons. The van der Waals surface area contributed by atoms with E-state index in [9.17, 15) is 4.39 Å². The van der Waals surface area contributed by atoms with Crippen LogP contribution in [0.2, 0.25) is 0 Å². The van der Waals surface area contributed by atoms with Crippen LogP contribution in [-0.4, -0.2) is 17.8 Å². The summed E-state index contributed by atoms with van der Waals surface area (Å²) < 4.78 is 26.2. The molecule has 0 bridgehead atoms. The number of halogens is 1. The van der Waals surface area contributed by atoms with Gasteiger partial charge in [0.05, 0.1) is 5.69 Å². The van der Waals surface area contributed by atoms with Crippen LogP contribution in [0.1, 0.15) is 71.3 Å². The Morgan fingerprint density at radius 1 is 0.771 bits per heavy atom. The van der Waals surface area contributed by atoms with Crippen molar-refractivity contribution >= 4 is 0 Å². The zero-order chi connectivity index (χ0) is 24.9. The highest BCUT2D eigenvalue weighted by atomic mass is 19.1. The third-order valence-corrected chi connectivity index (χ3v) is 6.48. The van der Waals surface area contributed by atoms with Gasteiger partial charge < -0.3 is 9.47 Å². The Kier molecular flexibility index (Phi) is 11.1. The number of aromatic nitrogens is 1. The molecule has 1 aromatic heterocycles. The van der Waals surface area contributed by atoms with Crippen molar-refractivity contribution in [2.45, 2.75) is 78.3 Å². The molecule has 0 fully saturated rings. The maximum absolute atomic E-state index is 14.5. The number of ether oxygens (including phenoxy) is 2. The number of hydrogen-bond acceptors (Lipinski definition) is 3. The second kappa shape index (κ2) is 14.5. The normalized spacial score (nSPS) is 12.8. The molecule has 2 atom stereocenters. The number of hydrogen-bond donors (Lipinski definition) is 0. The highest BCUT2D eigenvalue weighted by Gasteiger charge is 2.17. The molecule has 0 saturated heterocycles. The van der Waals surface area contributed by atoms with Gasteiger partial charge in [0.1, 0.15) is 30.0 Å². The molecule has 3 rings (SSSR count). The largest absolute Gasteiger partial charge is 0.491 e. The smallest absolute Gasteiger partial charge is 0.136 e. The van der Waals surface area contributed by atoms with Gasteiger partial charge >= 0.3 is 0 Å². The summed E-state index contributed by atoms with van der Waals surface area (Å²) in [6.07, 6.45) is 10.3. The van der Waals surface area contributed by atoms with Crippen molar-refractivity contribution in [1.82, 2.24) is 4.98 Å². The quantitative estimate of drug-likeness (QED) is 0.204. The molecule has 1 heterocycles. The SMILES string of the molecule is CCCCCCCCC(C)C(F)COc1ccc(Oc2ccc(-c3ccc(CC)cn3)cc2)cc1. The van der Waals surface area contributed by atoms with Crippen LogP contribution in [-0.2, 0) is 6.42 Å². The van der Waals surface area contributed by atoms with Gasteiger partial charge in [0.15, 0.2) is 0 Å².